The predicted octanol–water partition coefficient (Wildman–Crippen LogP) is 1.68. The van der Waals surface area contributed by atoms with E-state index in [4.69, 9.17) is 10.5 Å². The van der Waals surface area contributed by atoms with Gasteiger partial charge in [0.15, 0.2) is 0 Å². The van der Waals surface area contributed by atoms with E-state index in [-0.39, 0.29) is 12.3 Å². The zero-order valence-corrected chi connectivity index (χ0v) is 8.61. The molecule has 0 saturated carbocycles. The molecule has 6 heteroatoms. The minimum Gasteiger partial charge on any atom is -0.485 e. The molecule has 2 aromatic rings. The molecule has 1 heterocycles. The molecule has 0 bridgehead atoms. The molecule has 0 fully saturated rings. The summed E-state index contributed by atoms with van der Waals surface area (Å²) < 4.78 is 22.6. The van der Waals surface area contributed by atoms with Crippen LogP contribution in [-0.4, -0.2) is 10.3 Å². The van der Waals surface area contributed by atoms with Crippen molar-refractivity contribution in [1.82, 2.24) is 10.3 Å². The Hall–Kier alpha value is -2.11. The molecule has 1 aromatic heterocycles. The summed E-state index contributed by atoms with van der Waals surface area (Å²) in [5.41, 5.74) is 7.06. The second-order valence-electron chi connectivity index (χ2n) is 3.27. The second kappa shape index (κ2) is 4.18. The summed E-state index contributed by atoms with van der Waals surface area (Å²) in [7, 11) is 0. The lowest BCUT2D eigenvalue weighted by molar-refractivity contribution is 0.270. The molecule has 0 aliphatic heterocycles. The Morgan fingerprint density at radius 1 is 1.44 bits per heavy atom. The SMILES string of the molecule is Cc1nonc1COc1ccc(F)cc1N. The number of nitrogens with zero attached hydrogens (tertiary/aromatic N) is 2. The molecule has 5 nitrogen and oxygen atoms in total. The summed E-state index contributed by atoms with van der Waals surface area (Å²) in [6, 6.07) is 3.94. The molecule has 0 amide bonds. The van der Waals surface area contributed by atoms with Gasteiger partial charge < -0.3 is 10.5 Å². The van der Waals surface area contributed by atoms with Crippen LogP contribution in [0.2, 0.25) is 0 Å². The molecule has 0 unspecified atom stereocenters. The van der Waals surface area contributed by atoms with Crippen molar-refractivity contribution in [2.45, 2.75) is 13.5 Å². The number of nitrogen functional groups attached to an aromatic ring is 1. The summed E-state index contributed by atoms with van der Waals surface area (Å²) in [4.78, 5) is 0. The molecule has 0 saturated heterocycles. The Kier molecular flexibility index (Phi) is 2.72. The lowest BCUT2D eigenvalue weighted by Gasteiger charge is -2.06. The summed E-state index contributed by atoms with van der Waals surface area (Å²) in [5, 5.41) is 7.26. The molecular weight excluding hydrogens is 213 g/mol. The fourth-order valence-electron chi connectivity index (χ4n) is 1.18. The van der Waals surface area contributed by atoms with Gasteiger partial charge in [0.25, 0.3) is 0 Å². The molecule has 1 aromatic carbocycles. The van der Waals surface area contributed by atoms with Crippen LogP contribution in [0.3, 0.4) is 0 Å². The number of aryl methyl sites for hydroxylation is 1. The first-order valence-corrected chi connectivity index (χ1v) is 4.62. The average Bonchev–Trinajstić information content (AvgIpc) is 2.63. The lowest BCUT2D eigenvalue weighted by Crippen LogP contribution is -2.00. The third kappa shape index (κ3) is 2.10. The summed E-state index contributed by atoms with van der Waals surface area (Å²) >= 11 is 0. The average molecular weight is 223 g/mol. The number of anilines is 1. The highest BCUT2D eigenvalue weighted by Gasteiger charge is 2.07. The molecule has 0 aliphatic carbocycles. The number of rotatable bonds is 3. The molecule has 2 rings (SSSR count). The third-order valence-electron chi connectivity index (χ3n) is 2.08. The Morgan fingerprint density at radius 2 is 2.25 bits per heavy atom. The summed E-state index contributed by atoms with van der Waals surface area (Å²) in [5.74, 6) is 0.00735. The van der Waals surface area contributed by atoms with Crippen LogP contribution in [0, 0.1) is 12.7 Å². The van der Waals surface area contributed by atoms with Crippen LogP contribution in [0.15, 0.2) is 22.8 Å². The largest absolute Gasteiger partial charge is 0.485 e. The number of ether oxygens (including phenoxy) is 1. The van der Waals surface area contributed by atoms with Gasteiger partial charge in [-0.2, -0.15) is 0 Å². The van der Waals surface area contributed by atoms with E-state index >= 15 is 0 Å². The fourth-order valence-corrected chi connectivity index (χ4v) is 1.18. The van der Waals surface area contributed by atoms with Gasteiger partial charge >= 0.3 is 0 Å². The van der Waals surface area contributed by atoms with Crippen molar-refractivity contribution in [3.05, 3.63) is 35.4 Å². The maximum Gasteiger partial charge on any atom is 0.145 e. The standard InChI is InChI=1S/C10H10FN3O2/c1-6-9(14-16-13-6)5-15-10-3-2-7(11)4-8(10)12/h2-4H,5,12H2,1H3. The highest BCUT2D eigenvalue weighted by Crippen LogP contribution is 2.22. The van der Waals surface area contributed by atoms with Gasteiger partial charge in [0.1, 0.15) is 29.6 Å². The Labute approximate surface area is 91.0 Å². The number of halogens is 1. The van der Waals surface area contributed by atoms with Crippen LogP contribution in [0.1, 0.15) is 11.4 Å². The number of hydrogen-bond donors (Lipinski definition) is 1. The monoisotopic (exact) mass is 223 g/mol. The van der Waals surface area contributed by atoms with Crippen LogP contribution < -0.4 is 10.5 Å². The first kappa shape index (κ1) is 10.4. The van der Waals surface area contributed by atoms with E-state index in [2.05, 4.69) is 14.9 Å². The van der Waals surface area contributed by atoms with Gasteiger partial charge in [0.05, 0.1) is 5.69 Å². The zero-order valence-electron chi connectivity index (χ0n) is 8.61. The van der Waals surface area contributed by atoms with Gasteiger partial charge in [0, 0.05) is 6.07 Å². The highest BCUT2D eigenvalue weighted by molar-refractivity contribution is 5.52. The van der Waals surface area contributed by atoms with Crippen LogP contribution in [0.5, 0.6) is 5.75 Å². The van der Waals surface area contributed by atoms with E-state index in [9.17, 15) is 4.39 Å². The number of hydrogen-bond acceptors (Lipinski definition) is 5. The molecule has 84 valence electrons. The molecule has 2 N–H and O–H groups in total. The van der Waals surface area contributed by atoms with E-state index in [1.807, 2.05) is 0 Å². The molecule has 0 spiro atoms. The molecule has 0 atom stereocenters. The van der Waals surface area contributed by atoms with Crippen molar-refractivity contribution in [3.63, 3.8) is 0 Å². The van der Waals surface area contributed by atoms with Crippen molar-refractivity contribution >= 4 is 5.69 Å². The van der Waals surface area contributed by atoms with E-state index in [1.165, 1.54) is 18.2 Å². The van der Waals surface area contributed by atoms with E-state index in [0.29, 0.717) is 17.1 Å². The minimum atomic E-state index is -0.399. The van der Waals surface area contributed by atoms with Gasteiger partial charge in [-0.05, 0) is 19.1 Å². The van der Waals surface area contributed by atoms with Crippen LogP contribution >= 0.6 is 0 Å². The van der Waals surface area contributed by atoms with Crippen molar-refractivity contribution in [3.8, 4) is 5.75 Å². The zero-order chi connectivity index (χ0) is 11.5. The Morgan fingerprint density at radius 3 is 2.88 bits per heavy atom. The van der Waals surface area contributed by atoms with Crippen molar-refractivity contribution < 1.29 is 13.8 Å². The normalized spacial score (nSPS) is 10.4. The smallest absolute Gasteiger partial charge is 0.145 e. The lowest BCUT2D eigenvalue weighted by atomic mass is 10.3. The Balaban J connectivity index is 2.08. The van der Waals surface area contributed by atoms with Crippen molar-refractivity contribution in [1.29, 1.82) is 0 Å². The van der Waals surface area contributed by atoms with E-state index in [0.717, 1.165) is 0 Å². The van der Waals surface area contributed by atoms with Gasteiger partial charge in [-0.15, -0.1) is 0 Å². The quantitative estimate of drug-likeness (QED) is 0.801. The highest BCUT2D eigenvalue weighted by atomic mass is 19.1. The van der Waals surface area contributed by atoms with E-state index in [1.54, 1.807) is 6.92 Å². The minimum absolute atomic E-state index is 0.186. The maximum absolute atomic E-state index is 12.8. The van der Waals surface area contributed by atoms with Gasteiger partial charge in [-0.25, -0.2) is 9.02 Å². The molecule has 0 radical (unpaired) electrons. The van der Waals surface area contributed by atoms with Gasteiger partial charge in [-0.3, -0.25) is 0 Å². The number of aromatic nitrogens is 2. The fraction of sp³-hybridized carbons (Fsp3) is 0.200. The maximum atomic E-state index is 12.8. The topological polar surface area (TPSA) is 74.2 Å². The molecule has 16 heavy (non-hydrogen) atoms. The van der Waals surface area contributed by atoms with Crippen LogP contribution in [0.25, 0.3) is 0 Å². The van der Waals surface area contributed by atoms with Crippen LogP contribution in [-0.2, 0) is 6.61 Å². The second-order valence-corrected chi connectivity index (χ2v) is 3.27. The van der Waals surface area contributed by atoms with Crippen molar-refractivity contribution in [2.75, 3.05) is 5.73 Å². The van der Waals surface area contributed by atoms with Gasteiger partial charge in [0.2, 0.25) is 0 Å². The van der Waals surface area contributed by atoms with Gasteiger partial charge in [-0.1, -0.05) is 10.3 Å². The number of benzene rings is 1. The van der Waals surface area contributed by atoms with Crippen molar-refractivity contribution in [2.24, 2.45) is 0 Å². The predicted molar refractivity (Wildman–Crippen MR) is 54.2 cm³/mol. The molecular formula is C10H10FN3O2. The first-order chi connectivity index (χ1) is 7.66. The summed E-state index contributed by atoms with van der Waals surface area (Å²) in [6.07, 6.45) is 0. The first-order valence-electron chi connectivity index (χ1n) is 4.62. The van der Waals surface area contributed by atoms with E-state index < -0.39 is 5.82 Å². The Bertz CT molecular complexity index is 499. The summed E-state index contributed by atoms with van der Waals surface area (Å²) in [6.45, 7) is 1.94. The third-order valence-corrected chi connectivity index (χ3v) is 2.08. The van der Waals surface area contributed by atoms with Crippen LogP contribution in [0.4, 0.5) is 10.1 Å². The molecule has 0 aliphatic rings. The number of nitrogens with two attached hydrogens (primary N) is 1.